The van der Waals surface area contributed by atoms with Crippen LogP contribution in [0.25, 0.3) is 17.0 Å². The Kier molecular flexibility index (Phi) is 4.66. The van der Waals surface area contributed by atoms with Crippen LogP contribution < -0.4 is 9.46 Å². The van der Waals surface area contributed by atoms with E-state index in [0.717, 1.165) is 5.56 Å². The first kappa shape index (κ1) is 18.3. The fraction of sp³-hybridized carbons (Fsp3) is 0.0526. The summed E-state index contributed by atoms with van der Waals surface area (Å²) in [6.07, 6.45) is 5.31. The molecule has 4 rings (SSSR count). The largest absolute Gasteiger partial charge is 0.495 e. The summed E-state index contributed by atoms with van der Waals surface area (Å²) in [6.45, 7) is 0. The van der Waals surface area contributed by atoms with Gasteiger partial charge in [-0.05, 0) is 42.5 Å². The molecule has 0 aliphatic carbocycles. The van der Waals surface area contributed by atoms with E-state index in [1.54, 1.807) is 47.0 Å². The van der Waals surface area contributed by atoms with E-state index in [2.05, 4.69) is 14.7 Å². The Bertz CT molecular complexity index is 1240. The molecular formula is C19H15ClN4O3S. The summed E-state index contributed by atoms with van der Waals surface area (Å²) in [7, 11) is -2.37. The van der Waals surface area contributed by atoms with Crippen molar-refractivity contribution in [3.05, 3.63) is 72.1 Å². The average molecular weight is 415 g/mol. The van der Waals surface area contributed by atoms with Gasteiger partial charge in [0.25, 0.3) is 10.0 Å². The number of halogens is 1. The van der Waals surface area contributed by atoms with Gasteiger partial charge in [-0.1, -0.05) is 17.7 Å². The Morgan fingerprint density at radius 2 is 2.00 bits per heavy atom. The number of nitrogens with zero attached hydrogens (tertiary/aromatic N) is 3. The number of hydrogen-bond acceptors (Lipinski definition) is 5. The number of imidazole rings is 1. The summed E-state index contributed by atoms with van der Waals surface area (Å²) in [5, 5.41) is 0.334. The zero-order chi connectivity index (χ0) is 19.7. The molecule has 0 amide bonds. The number of nitrogens with one attached hydrogen (secondary N) is 1. The van der Waals surface area contributed by atoms with Crippen LogP contribution in [-0.2, 0) is 10.0 Å². The number of sulfonamides is 1. The summed E-state index contributed by atoms with van der Waals surface area (Å²) in [4.78, 5) is 8.72. The van der Waals surface area contributed by atoms with Gasteiger partial charge < -0.3 is 4.74 Å². The fourth-order valence-electron chi connectivity index (χ4n) is 2.75. The number of rotatable bonds is 5. The van der Waals surface area contributed by atoms with Crippen molar-refractivity contribution in [2.45, 2.75) is 4.90 Å². The monoisotopic (exact) mass is 414 g/mol. The van der Waals surface area contributed by atoms with E-state index in [4.69, 9.17) is 16.3 Å². The van der Waals surface area contributed by atoms with Gasteiger partial charge in [-0.15, -0.1) is 0 Å². The molecule has 0 spiro atoms. The van der Waals surface area contributed by atoms with Crippen molar-refractivity contribution in [3.63, 3.8) is 0 Å². The van der Waals surface area contributed by atoms with Crippen LogP contribution >= 0.6 is 11.6 Å². The Hall–Kier alpha value is -3.10. The summed E-state index contributed by atoms with van der Waals surface area (Å²) in [5.41, 5.74) is 1.67. The van der Waals surface area contributed by atoms with E-state index >= 15 is 0 Å². The predicted molar refractivity (Wildman–Crippen MR) is 107 cm³/mol. The number of ether oxygens (including phenoxy) is 1. The van der Waals surface area contributed by atoms with Crippen molar-refractivity contribution >= 4 is 33.1 Å². The minimum Gasteiger partial charge on any atom is -0.495 e. The first-order chi connectivity index (χ1) is 13.5. The standard InChI is InChI=1S/C19H15ClN4O3S/c1-27-18-7-6-13(17-12-24-9-3-8-21-19(24)22-17)10-16(18)23-28(25,26)15-5-2-4-14(20)11-15/h2-12,23H,1H3. The summed E-state index contributed by atoms with van der Waals surface area (Å²) >= 11 is 5.92. The van der Waals surface area contributed by atoms with Crippen molar-refractivity contribution < 1.29 is 13.2 Å². The lowest BCUT2D eigenvalue weighted by atomic mass is 10.1. The van der Waals surface area contributed by atoms with Gasteiger partial charge in [0.05, 0.1) is 23.4 Å². The third kappa shape index (κ3) is 3.51. The van der Waals surface area contributed by atoms with Crippen LogP contribution in [0.4, 0.5) is 5.69 Å². The lowest BCUT2D eigenvalue weighted by molar-refractivity contribution is 0.417. The Labute approximate surface area is 166 Å². The Morgan fingerprint density at radius 3 is 2.75 bits per heavy atom. The zero-order valence-electron chi connectivity index (χ0n) is 14.7. The number of benzene rings is 2. The summed E-state index contributed by atoms with van der Waals surface area (Å²) in [5.74, 6) is 0.936. The molecular weight excluding hydrogens is 400 g/mol. The zero-order valence-corrected chi connectivity index (χ0v) is 16.3. The smallest absolute Gasteiger partial charge is 0.262 e. The van der Waals surface area contributed by atoms with Crippen molar-refractivity contribution in [2.75, 3.05) is 11.8 Å². The molecule has 142 valence electrons. The van der Waals surface area contributed by atoms with E-state index < -0.39 is 10.0 Å². The quantitative estimate of drug-likeness (QED) is 0.536. The topological polar surface area (TPSA) is 85.6 Å². The van der Waals surface area contributed by atoms with E-state index in [0.29, 0.717) is 27.9 Å². The maximum atomic E-state index is 12.8. The third-order valence-corrected chi connectivity index (χ3v) is 5.68. The van der Waals surface area contributed by atoms with Crippen LogP contribution in [0.15, 0.2) is 72.0 Å². The molecule has 2 aromatic carbocycles. The molecule has 9 heteroatoms. The maximum Gasteiger partial charge on any atom is 0.262 e. The molecule has 28 heavy (non-hydrogen) atoms. The van der Waals surface area contributed by atoms with Crippen LogP contribution in [0.5, 0.6) is 5.75 Å². The van der Waals surface area contributed by atoms with Crippen LogP contribution in [0, 0.1) is 0 Å². The highest BCUT2D eigenvalue weighted by atomic mass is 35.5. The van der Waals surface area contributed by atoms with Crippen molar-refractivity contribution in [2.24, 2.45) is 0 Å². The minimum absolute atomic E-state index is 0.0596. The van der Waals surface area contributed by atoms with Crippen LogP contribution in [0.2, 0.25) is 5.02 Å². The van der Waals surface area contributed by atoms with Crippen molar-refractivity contribution in [3.8, 4) is 17.0 Å². The Morgan fingerprint density at radius 1 is 1.14 bits per heavy atom. The van der Waals surface area contributed by atoms with E-state index in [1.165, 1.54) is 19.2 Å². The van der Waals surface area contributed by atoms with Crippen molar-refractivity contribution in [1.29, 1.82) is 0 Å². The van der Waals surface area contributed by atoms with Crippen LogP contribution in [-0.4, -0.2) is 29.9 Å². The lowest BCUT2D eigenvalue weighted by Gasteiger charge is -2.13. The van der Waals surface area contributed by atoms with E-state index in [1.807, 2.05) is 12.4 Å². The second kappa shape index (κ2) is 7.14. The highest BCUT2D eigenvalue weighted by Crippen LogP contribution is 2.32. The molecule has 0 atom stereocenters. The third-order valence-electron chi connectivity index (χ3n) is 4.08. The minimum atomic E-state index is -3.84. The fourth-order valence-corrected chi connectivity index (χ4v) is 4.12. The first-order valence-electron chi connectivity index (χ1n) is 8.23. The van der Waals surface area contributed by atoms with Crippen LogP contribution in [0.1, 0.15) is 0 Å². The number of anilines is 1. The highest BCUT2D eigenvalue weighted by molar-refractivity contribution is 7.92. The average Bonchev–Trinajstić information content (AvgIpc) is 3.12. The molecule has 2 aromatic heterocycles. The number of hydrogen-bond donors (Lipinski definition) is 1. The molecule has 0 bridgehead atoms. The molecule has 0 aliphatic heterocycles. The predicted octanol–water partition coefficient (Wildman–Crippen LogP) is 3.86. The van der Waals surface area contributed by atoms with E-state index in [9.17, 15) is 8.42 Å². The molecule has 2 heterocycles. The van der Waals surface area contributed by atoms with Gasteiger partial charge >= 0.3 is 0 Å². The molecule has 0 saturated carbocycles. The molecule has 0 fully saturated rings. The molecule has 0 saturated heterocycles. The number of methoxy groups -OCH3 is 1. The molecule has 4 aromatic rings. The molecule has 1 N–H and O–H groups in total. The van der Waals surface area contributed by atoms with Gasteiger partial charge in [-0.3, -0.25) is 9.12 Å². The van der Waals surface area contributed by atoms with Gasteiger partial charge in [-0.2, -0.15) is 0 Å². The van der Waals surface area contributed by atoms with Gasteiger partial charge in [-0.25, -0.2) is 18.4 Å². The summed E-state index contributed by atoms with van der Waals surface area (Å²) in [6, 6.07) is 13.0. The SMILES string of the molecule is COc1ccc(-c2cn3cccnc3n2)cc1NS(=O)(=O)c1cccc(Cl)c1. The second-order valence-corrected chi connectivity index (χ2v) is 8.05. The van der Waals surface area contributed by atoms with Gasteiger partial charge in [0.2, 0.25) is 5.78 Å². The van der Waals surface area contributed by atoms with E-state index in [-0.39, 0.29) is 4.90 Å². The maximum absolute atomic E-state index is 12.8. The van der Waals surface area contributed by atoms with Gasteiger partial charge in [0.15, 0.2) is 0 Å². The second-order valence-electron chi connectivity index (χ2n) is 5.93. The van der Waals surface area contributed by atoms with Gasteiger partial charge in [0.1, 0.15) is 5.75 Å². The molecule has 7 nitrogen and oxygen atoms in total. The van der Waals surface area contributed by atoms with Crippen LogP contribution in [0.3, 0.4) is 0 Å². The Balaban J connectivity index is 1.75. The summed E-state index contributed by atoms with van der Waals surface area (Å²) < 4.78 is 35.2. The first-order valence-corrected chi connectivity index (χ1v) is 10.1. The molecule has 0 radical (unpaired) electrons. The van der Waals surface area contributed by atoms with Gasteiger partial charge in [0, 0.05) is 29.2 Å². The molecule has 0 unspecified atom stereocenters. The molecule has 0 aliphatic rings. The normalized spacial score (nSPS) is 11.5. The van der Waals surface area contributed by atoms with Crippen molar-refractivity contribution in [1.82, 2.24) is 14.4 Å². The lowest BCUT2D eigenvalue weighted by Crippen LogP contribution is -2.13. The number of fused-ring (bicyclic) bond motifs is 1. The highest BCUT2D eigenvalue weighted by Gasteiger charge is 2.18. The number of aromatic nitrogens is 3.